The molecule has 1 N–H and O–H groups in total. The third-order valence-corrected chi connectivity index (χ3v) is 2.38. The number of hydrogen-bond acceptors (Lipinski definition) is 4. The lowest BCUT2D eigenvalue weighted by molar-refractivity contribution is 0.131. The van der Waals surface area contributed by atoms with Gasteiger partial charge in [0.2, 0.25) is 0 Å². The minimum absolute atomic E-state index is 0.314. The van der Waals surface area contributed by atoms with E-state index in [2.05, 4.69) is 5.16 Å². The SMILES string of the molecule is CCOCCCOc1ccc(F)cc1C(C)=NO. The van der Waals surface area contributed by atoms with Crippen molar-refractivity contribution in [3.8, 4) is 5.75 Å². The maximum Gasteiger partial charge on any atom is 0.128 e. The first-order valence-corrected chi connectivity index (χ1v) is 5.88. The average Bonchev–Trinajstić information content (AvgIpc) is 2.39. The zero-order chi connectivity index (χ0) is 13.4. The molecule has 0 aliphatic carbocycles. The fourth-order valence-electron chi connectivity index (χ4n) is 1.45. The summed E-state index contributed by atoms with van der Waals surface area (Å²) in [6.07, 6.45) is 0.750. The number of nitrogens with zero attached hydrogens (tertiary/aromatic N) is 1. The van der Waals surface area contributed by atoms with Crippen LogP contribution in [0, 0.1) is 5.82 Å². The molecule has 1 rings (SSSR count). The predicted molar refractivity (Wildman–Crippen MR) is 67.0 cm³/mol. The predicted octanol–water partition coefficient (Wildman–Crippen LogP) is 2.83. The molecule has 0 fully saturated rings. The van der Waals surface area contributed by atoms with E-state index >= 15 is 0 Å². The number of oxime groups is 1. The van der Waals surface area contributed by atoms with Gasteiger partial charge in [-0.3, -0.25) is 0 Å². The van der Waals surface area contributed by atoms with Crippen LogP contribution in [0.3, 0.4) is 0 Å². The van der Waals surface area contributed by atoms with E-state index in [9.17, 15) is 4.39 Å². The second-order valence-corrected chi connectivity index (χ2v) is 3.72. The van der Waals surface area contributed by atoms with Gasteiger partial charge in [0.15, 0.2) is 0 Å². The highest BCUT2D eigenvalue weighted by Gasteiger charge is 2.09. The van der Waals surface area contributed by atoms with Crippen LogP contribution in [0.4, 0.5) is 4.39 Å². The van der Waals surface area contributed by atoms with Crippen molar-refractivity contribution in [3.05, 3.63) is 29.6 Å². The normalized spacial score (nSPS) is 11.6. The van der Waals surface area contributed by atoms with Gasteiger partial charge in [0.25, 0.3) is 0 Å². The Morgan fingerprint density at radius 2 is 2.17 bits per heavy atom. The Hall–Kier alpha value is -1.62. The van der Waals surface area contributed by atoms with Crippen LogP contribution in [-0.2, 0) is 4.74 Å². The minimum Gasteiger partial charge on any atom is -0.493 e. The average molecular weight is 255 g/mol. The van der Waals surface area contributed by atoms with Crippen LogP contribution >= 0.6 is 0 Å². The van der Waals surface area contributed by atoms with Crippen LogP contribution in [-0.4, -0.2) is 30.7 Å². The molecule has 0 bridgehead atoms. The highest BCUT2D eigenvalue weighted by molar-refractivity contribution is 6.00. The molecule has 5 heteroatoms. The summed E-state index contributed by atoms with van der Waals surface area (Å²) in [7, 11) is 0. The second-order valence-electron chi connectivity index (χ2n) is 3.72. The molecular weight excluding hydrogens is 237 g/mol. The van der Waals surface area contributed by atoms with Crippen molar-refractivity contribution in [3.63, 3.8) is 0 Å². The second kappa shape index (κ2) is 7.66. The lowest BCUT2D eigenvalue weighted by Crippen LogP contribution is -2.06. The van der Waals surface area contributed by atoms with Gasteiger partial charge in [0.05, 0.1) is 12.3 Å². The molecule has 0 unspecified atom stereocenters. The summed E-state index contributed by atoms with van der Waals surface area (Å²) >= 11 is 0. The molecule has 0 spiro atoms. The monoisotopic (exact) mass is 255 g/mol. The summed E-state index contributed by atoms with van der Waals surface area (Å²) in [5, 5.41) is 11.8. The van der Waals surface area contributed by atoms with E-state index in [1.165, 1.54) is 18.2 Å². The van der Waals surface area contributed by atoms with Crippen LogP contribution in [0.1, 0.15) is 25.8 Å². The highest BCUT2D eigenvalue weighted by atomic mass is 19.1. The van der Waals surface area contributed by atoms with E-state index in [0.717, 1.165) is 6.42 Å². The van der Waals surface area contributed by atoms with Crippen LogP contribution < -0.4 is 4.74 Å². The van der Waals surface area contributed by atoms with Gasteiger partial charge < -0.3 is 14.7 Å². The van der Waals surface area contributed by atoms with Crippen molar-refractivity contribution in [2.45, 2.75) is 20.3 Å². The van der Waals surface area contributed by atoms with Crippen LogP contribution in [0.15, 0.2) is 23.4 Å². The molecule has 0 aliphatic rings. The zero-order valence-electron chi connectivity index (χ0n) is 10.6. The van der Waals surface area contributed by atoms with Gasteiger partial charge in [0, 0.05) is 25.2 Å². The first-order valence-electron chi connectivity index (χ1n) is 5.88. The molecule has 0 heterocycles. The summed E-state index contributed by atoms with van der Waals surface area (Å²) in [4.78, 5) is 0. The smallest absolute Gasteiger partial charge is 0.128 e. The van der Waals surface area contributed by atoms with Crippen LogP contribution in [0.25, 0.3) is 0 Å². The Kier molecular flexibility index (Phi) is 6.14. The van der Waals surface area contributed by atoms with Gasteiger partial charge >= 0.3 is 0 Å². The number of ether oxygens (including phenoxy) is 2. The Labute approximate surface area is 106 Å². The van der Waals surface area contributed by atoms with Gasteiger partial charge in [0.1, 0.15) is 11.6 Å². The molecular formula is C13H18FNO3. The molecule has 0 radical (unpaired) electrons. The molecule has 4 nitrogen and oxygen atoms in total. The van der Waals surface area contributed by atoms with Crippen molar-refractivity contribution in [2.75, 3.05) is 19.8 Å². The molecule has 0 aliphatic heterocycles. The van der Waals surface area contributed by atoms with Gasteiger partial charge in [-0.15, -0.1) is 0 Å². The van der Waals surface area contributed by atoms with E-state index < -0.39 is 5.82 Å². The minimum atomic E-state index is -0.394. The highest BCUT2D eigenvalue weighted by Crippen LogP contribution is 2.20. The topological polar surface area (TPSA) is 51.0 Å². The number of benzene rings is 1. The van der Waals surface area contributed by atoms with Crippen LogP contribution in [0.5, 0.6) is 5.75 Å². The molecule has 0 amide bonds. The largest absolute Gasteiger partial charge is 0.493 e. The molecule has 0 atom stereocenters. The Bertz CT molecular complexity index is 407. The van der Waals surface area contributed by atoms with E-state index in [4.69, 9.17) is 14.7 Å². The quantitative estimate of drug-likeness (QED) is 0.353. The third-order valence-electron chi connectivity index (χ3n) is 2.38. The maximum atomic E-state index is 13.1. The molecule has 1 aromatic carbocycles. The number of hydrogen-bond donors (Lipinski definition) is 1. The van der Waals surface area contributed by atoms with Crippen molar-refractivity contribution in [2.24, 2.45) is 5.16 Å². The standard InChI is InChI=1S/C13H18FNO3/c1-3-17-7-4-8-18-13-6-5-11(14)9-12(13)10(2)15-16/h5-6,9,16H,3-4,7-8H2,1-2H3. The molecule has 18 heavy (non-hydrogen) atoms. The fourth-order valence-corrected chi connectivity index (χ4v) is 1.45. The Balaban J connectivity index is 2.64. The van der Waals surface area contributed by atoms with E-state index in [0.29, 0.717) is 36.8 Å². The van der Waals surface area contributed by atoms with Gasteiger partial charge in [-0.2, -0.15) is 0 Å². The first-order chi connectivity index (χ1) is 8.69. The van der Waals surface area contributed by atoms with Crippen molar-refractivity contribution < 1.29 is 19.1 Å². The summed E-state index contributed by atoms with van der Waals surface area (Å²) in [5.74, 6) is 0.109. The van der Waals surface area contributed by atoms with E-state index in [1.807, 2.05) is 6.92 Å². The van der Waals surface area contributed by atoms with E-state index in [-0.39, 0.29) is 0 Å². The fraction of sp³-hybridized carbons (Fsp3) is 0.462. The summed E-state index contributed by atoms with van der Waals surface area (Å²) in [6, 6.07) is 4.12. The Morgan fingerprint density at radius 1 is 1.39 bits per heavy atom. The Morgan fingerprint density at radius 3 is 2.83 bits per heavy atom. The van der Waals surface area contributed by atoms with Crippen molar-refractivity contribution >= 4 is 5.71 Å². The van der Waals surface area contributed by atoms with E-state index in [1.54, 1.807) is 6.92 Å². The van der Waals surface area contributed by atoms with Crippen molar-refractivity contribution in [1.82, 2.24) is 0 Å². The molecule has 1 aromatic rings. The molecule has 0 saturated carbocycles. The number of rotatable bonds is 7. The molecule has 0 saturated heterocycles. The summed E-state index contributed by atoms with van der Waals surface area (Å²) < 4.78 is 23.8. The molecule has 0 aromatic heterocycles. The third kappa shape index (κ3) is 4.33. The number of halogens is 1. The lowest BCUT2D eigenvalue weighted by atomic mass is 10.1. The maximum absolute atomic E-state index is 13.1. The van der Waals surface area contributed by atoms with Crippen LogP contribution in [0.2, 0.25) is 0 Å². The zero-order valence-corrected chi connectivity index (χ0v) is 10.6. The van der Waals surface area contributed by atoms with Gasteiger partial charge in [-0.1, -0.05) is 5.16 Å². The van der Waals surface area contributed by atoms with Gasteiger partial charge in [-0.05, 0) is 32.0 Å². The first kappa shape index (κ1) is 14.4. The lowest BCUT2D eigenvalue weighted by Gasteiger charge is -2.10. The summed E-state index contributed by atoms with van der Waals surface area (Å²) in [6.45, 7) is 5.29. The van der Waals surface area contributed by atoms with Crippen molar-refractivity contribution in [1.29, 1.82) is 0 Å². The summed E-state index contributed by atoms with van der Waals surface area (Å²) in [5.41, 5.74) is 0.767. The van der Waals surface area contributed by atoms with Gasteiger partial charge in [-0.25, -0.2) is 4.39 Å². The molecule has 100 valence electrons.